The molecule has 0 amide bonds. The molecule has 2 N–H and O–H groups in total. The second-order valence-electron chi connectivity index (χ2n) is 12.4. The van der Waals surface area contributed by atoms with Crippen molar-refractivity contribution in [3.63, 3.8) is 0 Å². The topological polar surface area (TPSA) is 49.6 Å². The molecule has 1 aliphatic rings. The third-order valence-electron chi connectivity index (χ3n) is 9.41. The Kier molecular flexibility index (Phi) is 7.34. The number of aliphatic imine (C=N–C) groups is 1. The van der Waals surface area contributed by atoms with Gasteiger partial charge in [-0.1, -0.05) is 158 Å². The van der Waals surface area contributed by atoms with Gasteiger partial charge >= 0.3 is 0 Å². The minimum Gasteiger partial charge on any atom is -0.456 e. The summed E-state index contributed by atoms with van der Waals surface area (Å²) in [7, 11) is 0. The molecule has 49 heavy (non-hydrogen) atoms. The van der Waals surface area contributed by atoms with E-state index in [0.717, 1.165) is 61.2 Å². The molecule has 0 bridgehead atoms. The Hall–Kier alpha value is -6.23. The molecule has 2 heterocycles. The number of hydrogen-bond donors (Lipinski definition) is 2. The lowest BCUT2D eigenvalue weighted by molar-refractivity contribution is 0.409. The van der Waals surface area contributed by atoms with Gasteiger partial charge in [-0.2, -0.15) is 0 Å². The highest BCUT2D eigenvalue weighted by molar-refractivity contribution is 6.13. The number of amidine groups is 1. The smallest absolute Gasteiger partial charge is 0.136 e. The van der Waals surface area contributed by atoms with Crippen molar-refractivity contribution in [3.8, 4) is 33.4 Å². The SMILES string of the molecule is c1ccc(-c2ccc(C3=NC(c4ccccc4-c4cccc5oc6ccc(-c7ccccc7)cc6c45)NC(c4ccccc4)N3)cc2)cc1. The van der Waals surface area contributed by atoms with Gasteiger partial charge in [0.1, 0.15) is 29.3 Å². The van der Waals surface area contributed by atoms with Crippen molar-refractivity contribution in [3.05, 3.63) is 193 Å². The van der Waals surface area contributed by atoms with Crippen LogP contribution in [-0.2, 0) is 0 Å². The van der Waals surface area contributed by atoms with E-state index < -0.39 is 0 Å². The lowest BCUT2D eigenvalue weighted by atomic mass is 9.93. The van der Waals surface area contributed by atoms with Crippen LogP contribution in [0.25, 0.3) is 55.3 Å². The summed E-state index contributed by atoms with van der Waals surface area (Å²) in [5.74, 6) is 0.853. The third-order valence-corrected chi connectivity index (χ3v) is 9.41. The zero-order valence-electron chi connectivity index (χ0n) is 26.8. The fourth-order valence-corrected chi connectivity index (χ4v) is 6.98. The maximum absolute atomic E-state index is 6.43. The minimum absolute atomic E-state index is 0.139. The van der Waals surface area contributed by atoms with Crippen molar-refractivity contribution in [1.29, 1.82) is 0 Å². The predicted octanol–water partition coefficient (Wildman–Crippen LogP) is 10.9. The third kappa shape index (κ3) is 5.48. The Balaban J connectivity index is 1.17. The van der Waals surface area contributed by atoms with E-state index in [2.05, 4.69) is 180 Å². The summed E-state index contributed by atoms with van der Waals surface area (Å²) in [5.41, 5.74) is 12.0. The van der Waals surface area contributed by atoms with Gasteiger partial charge in [-0.05, 0) is 62.7 Å². The van der Waals surface area contributed by atoms with Gasteiger partial charge in [-0.3, -0.25) is 5.32 Å². The molecule has 1 aromatic heterocycles. The molecule has 0 saturated heterocycles. The van der Waals surface area contributed by atoms with Gasteiger partial charge in [-0.25, -0.2) is 4.99 Å². The molecule has 7 aromatic carbocycles. The van der Waals surface area contributed by atoms with E-state index >= 15 is 0 Å². The van der Waals surface area contributed by atoms with E-state index in [1.54, 1.807) is 0 Å². The first-order valence-electron chi connectivity index (χ1n) is 16.7. The normalized spacial score (nSPS) is 16.0. The first kappa shape index (κ1) is 29.0. The zero-order chi connectivity index (χ0) is 32.6. The molecule has 0 aliphatic carbocycles. The molecule has 9 rings (SSSR count). The van der Waals surface area contributed by atoms with Gasteiger partial charge in [0.05, 0.1) is 0 Å². The van der Waals surface area contributed by atoms with Crippen molar-refractivity contribution >= 4 is 27.8 Å². The number of nitrogens with zero attached hydrogens (tertiary/aromatic N) is 1. The van der Waals surface area contributed by atoms with Crippen LogP contribution in [0.5, 0.6) is 0 Å². The first-order valence-corrected chi connectivity index (χ1v) is 16.7. The van der Waals surface area contributed by atoms with Crippen LogP contribution >= 0.6 is 0 Å². The van der Waals surface area contributed by atoms with Gasteiger partial charge < -0.3 is 9.73 Å². The average Bonchev–Trinajstić information content (AvgIpc) is 3.57. The van der Waals surface area contributed by atoms with Crippen LogP contribution in [0, 0.1) is 0 Å². The van der Waals surface area contributed by atoms with Crippen LogP contribution < -0.4 is 10.6 Å². The molecule has 8 aromatic rings. The Morgan fingerprint density at radius 1 is 0.469 bits per heavy atom. The first-order chi connectivity index (χ1) is 24.3. The zero-order valence-corrected chi connectivity index (χ0v) is 26.8. The molecule has 2 unspecified atom stereocenters. The molecular formula is C45H33N3O. The standard InChI is InChI=1S/C45H33N3O/c1-4-13-30(14-5-1)32-23-25-34(26-24-32)44-46-43(33-17-8-3-9-18-33)47-45(48-44)38-20-11-10-19-36(38)37-21-12-22-41-42(37)39-29-35(27-28-40(39)49-41)31-15-6-2-7-16-31/h1-29,43,45,47H,(H,46,48). The number of fused-ring (bicyclic) bond motifs is 3. The van der Waals surface area contributed by atoms with E-state index in [-0.39, 0.29) is 12.3 Å². The van der Waals surface area contributed by atoms with Crippen LogP contribution in [0.4, 0.5) is 0 Å². The minimum atomic E-state index is -0.306. The molecule has 0 fully saturated rings. The van der Waals surface area contributed by atoms with Gasteiger partial charge in [0.15, 0.2) is 0 Å². The Bertz CT molecular complexity index is 2430. The Labute approximate surface area is 285 Å². The molecule has 4 nitrogen and oxygen atoms in total. The van der Waals surface area contributed by atoms with Gasteiger partial charge in [0, 0.05) is 16.3 Å². The summed E-state index contributed by atoms with van der Waals surface area (Å²) >= 11 is 0. The monoisotopic (exact) mass is 631 g/mol. The second kappa shape index (κ2) is 12.4. The van der Waals surface area contributed by atoms with Crippen LogP contribution in [0.1, 0.15) is 29.0 Å². The quantitative estimate of drug-likeness (QED) is 0.192. The molecule has 0 radical (unpaired) electrons. The van der Waals surface area contributed by atoms with Crippen molar-refractivity contribution < 1.29 is 4.42 Å². The molecule has 0 saturated carbocycles. The van der Waals surface area contributed by atoms with E-state index in [4.69, 9.17) is 9.41 Å². The number of furan rings is 1. The van der Waals surface area contributed by atoms with Gasteiger partial charge in [-0.15, -0.1) is 0 Å². The largest absolute Gasteiger partial charge is 0.456 e. The Morgan fingerprint density at radius 2 is 1.06 bits per heavy atom. The lowest BCUT2D eigenvalue weighted by Crippen LogP contribution is -2.45. The maximum atomic E-state index is 6.43. The van der Waals surface area contributed by atoms with Crippen molar-refractivity contribution in [2.24, 2.45) is 4.99 Å². The Morgan fingerprint density at radius 3 is 1.82 bits per heavy atom. The molecule has 1 aliphatic heterocycles. The highest BCUT2D eigenvalue weighted by Crippen LogP contribution is 2.41. The van der Waals surface area contributed by atoms with Gasteiger partial charge in [0.2, 0.25) is 0 Å². The number of rotatable bonds is 6. The number of nitrogens with one attached hydrogen (secondary N) is 2. The molecule has 4 heteroatoms. The van der Waals surface area contributed by atoms with Crippen molar-refractivity contribution in [1.82, 2.24) is 10.6 Å². The molecule has 0 spiro atoms. The van der Waals surface area contributed by atoms with Crippen molar-refractivity contribution in [2.45, 2.75) is 12.3 Å². The molecule has 2 atom stereocenters. The van der Waals surface area contributed by atoms with E-state index in [1.807, 2.05) is 6.07 Å². The van der Waals surface area contributed by atoms with Crippen LogP contribution in [-0.4, -0.2) is 5.84 Å². The van der Waals surface area contributed by atoms with Crippen LogP contribution in [0.15, 0.2) is 185 Å². The van der Waals surface area contributed by atoms with Crippen LogP contribution in [0.3, 0.4) is 0 Å². The molecular weight excluding hydrogens is 599 g/mol. The maximum Gasteiger partial charge on any atom is 0.136 e. The number of hydrogen-bond acceptors (Lipinski definition) is 4. The average molecular weight is 632 g/mol. The highest BCUT2D eigenvalue weighted by atomic mass is 16.3. The van der Waals surface area contributed by atoms with Crippen molar-refractivity contribution in [2.75, 3.05) is 0 Å². The summed E-state index contributed by atoms with van der Waals surface area (Å²) < 4.78 is 6.43. The van der Waals surface area contributed by atoms with E-state index in [1.165, 1.54) is 16.7 Å². The highest BCUT2D eigenvalue weighted by Gasteiger charge is 2.28. The summed E-state index contributed by atoms with van der Waals surface area (Å²) in [4.78, 5) is 5.34. The number of benzene rings is 7. The fraction of sp³-hybridized carbons (Fsp3) is 0.0444. The predicted molar refractivity (Wildman–Crippen MR) is 201 cm³/mol. The summed E-state index contributed by atoms with van der Waals surface area (Å²) in [6.07, 6.45) is -0.445. The summed E-state index contributed by atoms with van der Waals surface area (Å²) in [5, 5.41) is 9.73. The summed E-state index contributed by atoms with van der Waals surface area (Å²) in [6.45, 7) is 0. The van der Waals surface area contributed by atoms with Crippen LogP contribution in [0.2, 0.25) is 0 Å². The fourth-order valence-electron chi connectivity index (χ4n) is 6.98. The lowest BCUT2D eigenvalue weighted by Gasteiger charge is -2.33. The summed E-state index contributed by atoms with van der Waals surface area (Å²) in [6, 6.07) is 61.6. The van der Waals surface area contributed by atoms with E-state index in [0.29, 0.717) is 0 Å². The van der Waals surface area contributed by atoms with Gasteiger partial charge in [0.25, 0.3) is 0 Å². The molecule has 234 valence electrons. The van der Waals surface area contributed by atoms with E-state index in [9.17, 15) is 0 Å². The second-order valence-corrected chi connectivity index (χ2v) is 12.4.